The van der Waals surface area contributed by atoms with Gasteiger partial charge in [0.05, 0.1) is 18.8 Å². The summed E-state index contributed by atoms with van der Waals surface area (Å²) in [6, 6.07) is 14.2. The van der Waals surface area contributed by atoms with Crippen molar-refractivity contribution in [3.8, 4) is 5.75 Å². The highest BCUT2D eigenvalue weighted by molar-refractivity contribution is 7.15. The number of rotatable bonds is 8. The van der Waals surface area contributed by atoms with Gasteiger partial charge in [0.2, 0.25) is 11.8 Å². The largest absolute Gasteiger partial charge is 0.494 e. The van der Waals surface area contributed by atoms with Crippen molar-refractivity contribution in [1.82, 2.24) is 9.88 Å². The van der Waals surface area contributed by atoms with E-state index in [4.69, 9.17) is 4.74 Å². The number of nitrogens with zero attached hydrogens (tertiary/aromatic N) is 2. The quantitative estimate of drug-likeness (QED) is 0.488. The molecular weight excluding hydrogens is 422 g/mol. The molecule has 1 aliphatic rings. The molecule has 7 heteroatoms. The van der Waals surface area contributed by atoms with Gasteiger partial charge in [-0.3, -0.25) is 9.59 Å². The summed E-state index contributed by atoms with van der Waals surface area (Å²) in [5, 5.41) is 5.84. The third kappa shape index (κ3) is 5.65. The fourth-order valence-corrected chi connectivity index (χ4v) is 4.84. The van der Waals surface area contributed by atoms with Gasteiger partial charge < -0.3 is 15.0 Å². The second-order valence-electron chi connectivity index (χ2n) is 8.56. The lowest BCUT2D eigenvalue weighted by Crippen LogP contribution is -2.36. The van der Waals surface area contributed by atoms with Crippen LogP contribution < -0.4 is 10.1 Å². The second kappa shape index (κ2) is 10.1. The summed E-state index contributed by atoms with van der Waals surface area (Å²) < 4.78 is 5.81. The number of amides is 2. The van der Waals surface area contributed by atoms with Crippen LogP contribution in [0.15, 0.2) is 42.5 Å². The number of hydrogen-bond acceptors (Lipinski definition) is 5. The average Bonchev–Trinajstić information content (AvgIpc) is 3.17. The van der Waals surface area contributed by atoms with Gasteiger partial charge in [0.1, 0.15) is 5.75 Å². The standard InChI is InChI=1S/C25H29N3O3S/c1-17(2)14-24(30)28-12-11-21-22(16-28)32-25(26-21)27-23(29)8-5-13-31-20-10-9-18-6-3-4-7-19(18)15-20/h3-4,6-7,9-10,15,17H,5,8,11-14,16H2,1-2H3,(H,26,27,29). The van der Waals surface area contributed by atoms with Gasteiger partial charge in [-0.2, -0.15) is 0 Å². The molecule has 0 atom stereocenters. The van der Waals surface area contributed by atoms with Crippen LogP contribution in [0.2, 0.25) is 0 Å². The summed E-state index contributed by atoms with van der Waals surface area (Å²) in [6.45, 7) is 5.88. The maximum atomic E-state index is 12.3. The predicted molar refractivity (Wildman–Crippen MR) is 128 cm³/mol. The van der Waals surface area contributed by atoms with Gasteiger partial charge in [0, 0.05) is 30.7 Å². The Morgan fingerprint density at radius 1 is 1.19 bits per heavy atom. The smallest absolute Gasteiger partial charge is 0.226 e. The molecule has 0 saturated heterocycles. The molecule has 2 aromatic carbocycles. The zero-order chi connectivity index (χ0) is 22.5. The van der Waals surface area contributed by atoms with E-state index in [9.17, 15) is 9.59 Å². The van der Waals surface area contributed by atoms with Crippen LogP contribution in [-0.4, -0.2) is 34.8 Å². The number of carbonyl (C=O) groups excluding carboxylic acids is 2. The molecule has 168 valence electrons. The van der Waals surface area contributed by atoms with Crippen molar-refractivity contribution in [1.29, 1.82) is 0 Å². The fourth-order valence-electron chi connectivity index (χ4n) is 3.80. The highest BCUT2D eigenvalue weighted by atomic mass is 32.1. The molecule has 32 heavy (non-hydrogen) atoms. The molecule has 0 unspecified atom stereocenters. The van der Waals surface area contributed by atoms with Crippen molar-refractivity contribution >= 4 is 39.1 Å². The number of carbonyl (C=O) groups is 2. The number of aromatic nitrogens is 1. The van der Waals surface area contributed by atoms with Crippen LogP contribution in [0.4, 0.5) is 5.13 Å². The van der Waals surface area contributed by atoms with Gasteiger partial charge in [-0.15, -0.1) is 0 Å². The van der Waals surface area contributed by atoms with Gasteiger partial charge in [-0.25, -0.2) is 4.98 Å². The summed E-state index contributed by atoms with van der Waals surface area (Å²) >= 11 is 1.47. The molecule has 0 bridgehead atoms. The zero-order valence-electron chi connectivity index (χ0n) is 18.6. The van der Waals surface area contributed by atoms with Gasteiger partial charge in [-0.05, 0) is 35.2 Å². The lowest BCUT2D eigenvalue weighted by molar-refractivity contribution is -0.132. The third-order valence-electron chi connectivity index (χ3n) is 5.45. The molecule has 2 heterocycles. The molecule has 0 radical (unpaired) electrons. The molecule has 1 aromatic heterocycles. The monoisotopic (exact) mass is 451 g/mol. The van der Waals surface area contributed by atoms with Crippen molar-refractivity contribution in [2.45, 2.75) is 46.1 Å². The summed E-state index contributed by atoms with van der Waals surface area (Å²) in [5.74, 6) is 1.29. The Labute approximate surface area is 192 Å². The number of nitrogens with one attached hydrogen (secondary N) is 1. The van der Waals surface area contributed by atoms with Gasteiger partial charge >= 0.3 is 0 Å². The predicted octanol–water partition coefficient (Wildman–Crippen LogP) is 5.02. The van der Waals surface area contributed by atoms with Crippen LogP contribution in [0.1, 0.15) is 43.7 Å². The van der Waals surface area contributed by atoms with E-state index in [1.54, 1.807) is 0 Å². The van der Waals surface area contributed by atoms with Gasteiger partial charge in [0.15, 0.2) is 5.13 Å². The first-order chi connectivity index (χ1) is 15.5. The van der Waals surface area contributed by atoms with E-state index in [-0.39, 0.29) is 11.8 Å². The topological polar surface area (TPSA) is 71.5 Å². The summed E-state index contributed by atoms with van der Waals surface area (Å²) in [5.41, 5.74) is 0.999. The van der Waals surface area contributed by atoms with Gasteiger partial charge in [-0.1, -0.05) is 55.5 Å². The highest BCUT2D eigenvalue weighted by Crippen LogP contribution is 2.29. The van der Waals surface area contributed by atoms with Crippen molar-refractivity contribution < 1.29 is 14.3 Å². The summed E-state index contributed by atoms with van der Waals surface area (Å²) in [6.07, 6.45) is 2.31. The molecule has 0 saturated carbocycles. The Balaban J connectivity index is 1.22. The number of hydrogen-bond donors (Lipinski definition) is 1. The third-order valence-corrected chi connectivity index (χ3v) is 6.45. The van der Waals surface area contributed by atoms with Crippen LogP contribution in [0, 0.1) is 5.92 Å². The molecule has 0 aliphatic carbocycles. The molecule has 1 aliphatic heterocycles. The van der Waals surface area contributed by atoms with E-state index in [0.717, 1.165) is 28.1 Å². The minimum absolute atomic E-state index is 0.0639. The van der Waals surface area contributed by atoms with Crippen LogP contribution >= 0.6 is 11.3 Å². The lowest BCUT2D eigenvalue weighted by atomic mass is 10.1. The van der Waals surface area contributed by atoms with E-state index in [2.05, 4.69) is 36.3 Å². The lowest BCUT2D eigenvalue weighted by Gasteiger charge is -2.26. The summed E-state index contributed by atoms with van der Waals surface area (Å²) in [4.78, 5) is 32.2. The maximum Gasteiger partial charge on any atom is 0.226 e. The number of anilines is 1. The second-order valence-corrected chi connectivity index (χ2v) is 9.64. The van der Waals surface area contributed by atoms with Crippen LogP contribution in [-0.2, 0) is 22.6 Å². The Bertz CT molecular complexity index is 1110. The average molecular weight is 452 g/mol. The minimum Gasteiger partial charge on any atom is -0.494 e. The van der Waals surface area contributed by atoms with Crippen LogP contribution in [0.3, 0.4) is 0 Å². The maximum absolute atomic E-state index is 12.3. The normalized spacial score (nSPS) is 13.3. The van der Waals surface area contributed by atoms with Crippen molar-refractivity contribution in [3.05, 3.63) is 53.0 Å². The molecule has 4 rings (SSSR count). The van der Waals surface area contributed by atoms with Crippen molar-refractivity contribution in [3.63, 3.8) is 0 Å². The van der Waals surface area contributed by atoms with E-state index in [1.807, 2.05) is 35.2 Å². The van der Waals surface area contributed by atoms with E-state index in [1.165, 1.54) is 16.7 Å². The minimum atomic E-state index is -0.0639. The fraction of sp³-hybridized carbons (Fsp3) is 0.400. The zero-order valence-corrected chi connectivity index (χ0v) is 19.4. The first-order valence-corrected chi connectivity index (χ1v) is 12.0. The van der Waals surface area contributed by atoms with E-state index < -0.39 is 0 Å². The number of fused-ring (bicyclic) bond motifs is 2. The molecule has 0 spiro atoms. The Kier molecular flexibility index (Phi) is 7.05. The van der Waals surface area contributed by atoms with Gasteiger partial charge in [0.25, 0.3) is 0 Å². The molecule has 1 N–H and O–H groups in total. The van der Waals surface area contributed by atoms with Crippen LogP contribution in [0.5, 0.6) is 5.75 Å². The van der Waals surface area contributed by atoms with Crippen molar-refractivity contribution in [2.24, 2.45) is 5.92 Å². The Hall–Kier alpha value is -2.93. The number of ether oxygens (including phenoxy) is 1. The highest BCUT2D eigenvalue weighted by Gasteiger charge is 2.24. The van der Waals surface area contributed by atoms with E-state index in [0.29, 0.717) is 50.0 Å². The molecule has 0 fully saturated rings. The Morgan fingerprint density at radius 2 is 2.00 bits per heavy atom. The number of thiazole rings is 1. The molecule has 2 amide bonds. The summed E-state index contributed by atoms with van der Waals surface area (Å²) in [7, 11) is 0. The van der Waals surface area contributed by atoms with E-state index >= 15 is 0 Å². The SMILES string of the molecule is CC(C)CC(=O)N1CCc2nc(NC(=O)CCCOc3ccc4ccccc4c3)sc2C1. The van der Waals surface area contributed by atoms with Crippen molar-refractivity contribution in [2.75, 3.05) is 18.5 Å². The number of benzene rings is 2. The Morgan fingerprint density at radius 3 is 2.81 bits per heavy atom. The molecule has 6 nitrogen and oxygen atoms in total. The molecule has 3 aromatic rings. The molecular formula is C25H29N3O3S. The first kappa shape index (κ1) is 22.3. The van der Waals surface area contributed by atoms with Crippen LogP contribution in [0.25, 0.3) is 10.8 Å². The first-order valence-electron chi connectivity index (χ1n) is 11.2.